The van der Waals surface area contributed by atoms with Crippen LogP contribution in [0.3, 0.4) is 0 Å². The van der Waals surface area contributed by atoms with Gasteiger partial charge in [0.05, 0.1) is 17.3 Å². The Morgan fingerprint density at radius 1 is 1.54 bits per heavy atom. The molecule has 130 valence electrons. The molecule has 0 bridgehead atoms. The van der Waals surface area contributed by atoms with Crippen molar-refractivity contribution in [2.75, 3.05) is 19.7 Å². The monoisotopic (exact) mass is 350 g/mol. The number of carbonyl (C=O) groups excluding carboxylic acids is 1. The average Bonchev–Trinajstić information content (AvgIpc) is 2.62. The molecule has 0 amide bonds. The molecule has 2 heterocycles. The summed E-state index contributed by atoms with van der Waals surface area (Å²) < 4.78 is 5.64. The number of nitrogens with zero attached hydrogens (tertiary/aromatic N) is 1. The van der Waals surface area contributed by atoms with Crippen molar-refractivity contribution < 1.29 is 9.53 Å². The summed E-state index contributed by atoms with van der Waals surface area (Å²) >= 11 is 6.02. The fourth-order valence-corrected chi connectivity index (χ4v) is 2.62. The van der Waals surface area contributed by atoms with Gasteiger partial charge in [-0.25, -0.2) is 0 Å². The van der Waals surface area contributed by atoms with Gasteiger partial charge in [0.2, 0.25) is 0 Å². The first kappa shape index (κ1) is 18.6. The lowest BCUT2D eigenvalue weighted by Gasteiger charge is -2.23. The van der Waals surface area contributed by atoms with Crippen molar-refractivity contribution in [3.8, 4) is 0 Å². The maximum absolute atomic E-state index is 12.2. The van der Waals surface area contributed by atoms with Gasteiger partial charge in [0.15, 0.2) is 5.78 Å². The number of hydrogen-bond acceptors (Lipinski definition) is 6. The van der Waals surface area contributed by atoms with E-state index in [4.69, 9.17) is 27.5 Å². The fraction of sp³-hybridized carbons (Fsp3) is 0.471. The lowest BCUT2D eigenvalue weighted by atomic mass is 10.0. The summed E-state index contributed by atoms with van der Waals surface area (Å²) in [7, 11) is 0. The molecule has 0 spiro atoms. The van der Waals surface area contributed by atoms with Crippen LogP contribution in [0.25, 0.3) is 0 Å². The second-order valence-corrected chi connectivity index (χ2v) is 6.10. The minimum absolute atomic E-state index is 0.0492. The molecule has 0 radical (unpaired) electrons. The molecule has 1 aliphatic rings. The predicted octanol–water partition coefficient (Wildman–Crippen LogP) is 2.08. The van der Waals surface area contributed by atoms with Crippen LogP contribution >= 0.6 is 11.6 Å². The number of allylic oxidation sites excluding steroid dienone is 2. The average molecular weight is 351 g/mol. The van der Waals surface area contributed by atoms with Crippen LogP contribution < -0.4 is 11.1 Å². The maximum Gasteiger partial charge on any atom is 0.186 e. The van der Waals surface area contributed by atoms with Gasteiger partial charge in [0.25, 0.3) is 0 Å². The zero-order chi connectivity index (χ0) is 17.5. The summed E-state index contributed by atoms with van der Waals surface area (Å²) in [6.45, 7) is 4.20. The number of nitrogens with one attached hydrogen (secondary N) is 2. The summed E-state index contributed by atoms with van der Waals surface area (Å²) in [6, 6.07) is 3.69. The van der Waals surface area contributed by atoms with Gasteiger partial charge in [-0.1, -0.05) is 31.0 Å². The number of morpholine rings is 1. The number of rotatable bonds is 7. The standard InChI is InChI=1S/C17H23ClN4O2/c1-2-3-12(19)16(18)17(20)14(23)8-11-4-5-13(22-9-11)15-10-21-6-7-24-15/h4-5,9,15,20-21H,2-3,6-8,10,19H2,1H3/t15-/m0/s1. The molecule has 7 heteroatoms. The Bertz CT molecular complexity index is 622. The lowest BCUT2D eigenvalue weighted by molar-refractivity contribution is -0.112. The van der Waals surface area contributed by atoms with E-state index in [1.54, 1.807) is 6.20 Å². The highest BCUT2D eigenvalue weighted by atomic mass is 35.5. The third kappa shape index (κ3) is 4.87. The maximum atomic E-state index is 12.2. The molecular weight excluding hydrogens is 328 g/mol. The molecule has 24 heavy (non-hydrogen) atoms. The fourth-order valence-electron chi connectivity index (χ4n) is 2.42. The van der Waals surface area contributed by atoms with Crippen molar-refractivity contribution in [1.29, 1.82) is 5.41 Å². The van der Waals surface area contributed by atoms with Crippen LogP contribution in [0.5, 0.6) is 0 Å². The summed E-state index contributed by atoms with van der Waals surface area (Å²) in [5, 5.41) is 11.2. The van der Waals surface area contributed by atoms with Gasteiger partial charge in [0, 0.05) is 31.4 Å². The van der Waals surface area contributed by atoms with Crippen LogP contribution in [0, 0.1) is 5.41 Å². The van der Waals surface area contributed by atoms with Gasteiger partial charge >= 0.3 is 0 Å². The van der Waals surface area contributed by atoms with E-state index in [9.17, 15) is 4.79 Å². The molecule has 1 atom stereocenters. The molecule has 0 saturated carbocycles. The Hall–Kier alpha value is -1.76. The highest BCUT2D eigenvalue weighted by Crippen LogP contribution is 2.17. The van der Waals surface area contributed by atoms with Gasteiger partial charge in [-0.2, -0.15) is 0 Å². The Kier molecular flexibility index (Phi) is 6.90. The van der Waals surface area contributed by atoms with Crippen LogP contribution in [0.2, 0.25) is 0 Å². The molecule has 1 aromatic heterocycles. The van der Waals surface area contributed by atoms with E-state index in [-0.39, 0.29) is 29.1 Å². The number of halogens is 1. The van der Waals surface area contributed by atoms with Gasteiger partial charge in [-0.05, 0) is 18.1 Å². The second kappa shape index (κ2) is 8.92. The first-order valence-electron chi connectivity index (χ1n) is 8.06. The number of nitrogens with two attached hydrogens (primary N) is 1. The van der Waals surface area contributed by atoms with Crippen LogP contribution in [-0.4, -0.2) is 36.2 Å². The van der Waals surface area contributed by atoms with Gasteiger partial charge in [-0.3, -0.25) is 15.2 Å². The first-order chi connectivity index (χ1) is 11.5. The Balaban J connectivity index is 1.99. The van der Waals surface area contributed by atoms with Gasteiger partial charge < -0.3 is 15.8 Å². The van der Waals surface area contributed by atoms with Crippen LogP contribution in [0.4, 0.5) is 0 Å². The van der Waals surface area contributed by atoms with E-state index in [0.717, 1.165) is 30.8 Å². The smallest absolute Gasteiger partial charge is 0.186 e. The topological polar surface area (TPSA) is 101 Å². The minimum atomic E-state index is -0.371. The lowest BCUT2D eigenvalue weighted by Crippen LogP contribution is -2.33. The van der Waals surface area contributed by atoms with E-state index < -0.39 is 0 Å². The second-order valence-electron chi connectivity index (χ2n) is 5.72. The third-order valence-corrected chi connectivity index (χ3v) is 4.20. The van der Waals surface area contributed by atoms with Crippen molar-refractivity contribution in [2.24, 2.45) is 5.73 Å². The van der Waals surface area contributed by atoms with Crippen molar-refractivity contribution in [1.82, 2.24) is 10.3 Å². The predicted molar refractivity (Wildman–Crippen MR) is 94.2 cm³/mol. The molecule has 0 aromatic carbocycles. The van der Waals surface area contributed by atoms with E-state index in [1.165, 1.54) is 0 Å². The molecule has 6 nitrogen and oxygen atoms in total. The third-order valence-electron chi connectivity index (χ3n) is 3.77. The molecular formula is C17H23ClN4O2. The minimum Gasteiger partial charge on any atom is -0.401 e. The molecule has 0 unspecified atom stereocenters. The quantitative estimate of drug-likeness (QED) is 0.653. The van der Waals surface area contributed by atoms with Crippen LogP contribution in [0.15, 0.2) is 29.1 Å². The number of ketones is 1. The normalized spacial score (nSPS) is 18.8. The van der Waals surface area contributed by atoms with Crippen molar-refractivity contribution in [3.05, 3.63) is 40.3 Å². The molecule has 1 saturated heterocycles. The van der Waals surface area contributed by atoms with Crippen molar-refractivity contribution in [2.45, 2.75) is 32.3 Å². The number of hydrogen-bond donors (Lipinski definition) is 3. The molecule has 0 aliphatic carbocycles. The summed E-state index contributed by atoms with van der Waals surface area (Å²) in [5.74, 6) is -0.371. The van der Waals surface area contributed by atoms with E-state index in [0.29, 0.717) is 18.7 Å². The molecule has 4 N–H and O–H groups in total. The van der Waals surface area contributed by atoms with Crippen molar-refractivity contribution >= 4 is 23.1 Å². The van der Waals surface area contributed by atoms with Gasteiger partial charge in [-0.15, -0.1) is 0 Å². The van der Waals surface area contributed by atoms with E-state index in [2.05, 4.69) is 10.3 Å². The highest BCUT2D eigenvalue weighted by molar-refractivity contribution is 6.59. The van der Waals surface area contributed by atoms with Gasteiger partial charge in [0.1, 0.15) is 11.8 Å². The molecule has 1 fully saturated rings. The van der Waals surface area contributed by atoms with E-state index >= 15 is 0 Å². The summed E-state index contributed by atoms with van der Waals surface area (Å²) in [5.41, 5.74) is 7.49. The van der Waals surface area contributed by atoms with Crippen molar-refractivity contribution in [3.63, 3.8) is 0 Å². The molecule has 1 aromatic rings. The number of pyridine rings is 1. The molecule has 1 aliphatic heterocycles. The van der Waals surface area contributed by atoms with Crippen LogP contribution in [-0.2, 0) is 16.0 Å². The number of carbonyl (C=O) groups is 1. The number of Topliss-reactive ketones (excluding diaryl/α,β-unsaturated/α-hetero) is 1. The van der Waals surface area contributed by atoms with Crippen LogP contribution in [0.1, 0.15) is 37.1 Å². The Labute approximate surface area is 146 Å². The summed E-state index contributed by atoms with van der Waals surface area (Å²) in [6.07, 6.45) is 3.04. The SMILES string of the molecule is CCCC(N)=C(Cl)C(=N)C(=O)Cc1ccc([C@@H]2CNCCO2)nc1. The zero-order valence-electron chi connectivity index (χ0n) is 13.8. The molecule has 2 rings (SSSR count). The largest absolute Gasteiger partial charge is 0.401 e. The summed E-state index contributed by atoms with van der Waals surface area (Å²) in [4.78, 5) is 16.6. The number of ether oxygens (including phenoxy) is 1. The first-order valence-corrected chi connectivity index (χ1v) is 8.44. The number of aromatic nitrogens is 1. The Morgan fingerprint density at radius 2 is 2.33 bits per heavy atom. The Morgan fingerprint density at radius 3 is 2.92 bits per heavy atom. The van der Waals surface area contributed by atoms with E-state index in [1.807, 2.05) is 19.1 Å². The zero-order valence-corrected chi connectivity index (χ0v) is 14.5. The highest BCUT2D eigenvalue weighted by Gasteiger charge is 2.19.